The lowest BCUT2D eigenvalue weighted by Gasteiger charge is -2.34. The summed E-state index contributed by atoms with van der Waals surface area (Å²) in [7, 11) is 2.08. The van der Waals surface area contributed by atoms with Crippen molar-refractivity contribution in [1.82, 2.24) is 9.80 Å². The average molecular weight is 418 g/mol. The van der Waals surface area contributed by atoms with Crippen LogP contribution >= 0.6 is 0 Å². The molecule has 2 aromatic rings. The van der Waals surface area contributed by atoms with Crippen molar-refractivity contribution >= 4 is 23.1 Å². The van der Waals surface area contributed by atoms with Crippen LogP contribution in [-0.4, -0.2) is 54.8 Å². The molecule has 162 valence electrons. The van der Waals surface area contributed by atoms with Gasteiger partial charge in [-0.1, -0.05) is 44.2 Å². The number of carbonyl (C=O) groups excluding carboxylic acids is 2. The van der Waals surface area contributed by atoms with Crippen molar-refractivity contribution < 1.29 is 9.59 Å². The zero-order valence-corrected chi connectivity index (χ0v) is 19.1. The van der Waals surface area contributed by atoms with E-state index in [2.05, 4.69) is 37.6 Å². The summed E-state index contributed by atoms with van der Waals surface area (Å²) in [6, 6.07) is 13.8. The number of rotatable bonds is 4. The van der Waals surface area contributed by atoms with E-state index >= 15 is 0 Å². The van der Waals surface area contributed by atoms with Crippen LogP contribution < -0.4 is 4.90 Å². The summed E-state index contributed by atoms with van der Waals surface area (Å²) in [4.78, 5) is 33.0. The van der Waals surface area contributed by atoms with Crippen LogP contribution in [0.15, 0.2) is 48.2 Å². The van der Waals surface area contributed by atoms with Crippen molar-refractivity contribution in [2.24, 2.45) is 0 Å². The van der Waals surface area contributed by atoms with Crippen molar-refractivity contribution in [2.75, 3.05) is 38.1 Å². The topological polar surface area (TPSA) is 43.9 Å². The summed E-state index contributed by atoms with van der Waals surface area (Å²) in [5.41, 5.74) is 5.97. The molecule has 0 N–H and O–H groups in total. The zero-order valence-electron chi connectivity index (χ0n) is 19.1. The van der Waals surface area contributed by atoms with Crippen LogP contribution in [0.4, 0.5) is 5.69 Å². The Morgan fingerprint density at radius 1 is 0.806 bits per heavy atom. The van der Waals surface area contributed by atoms with E-state index in [1.807, 2.05) is 49.4 Å². The highest BCUT2D eigenvalue weighted by atomic mass is 16.2. The number of hydrogen-bond donors (Lipinski definition) is 0. The quantitative estimate of drug-likeness (QED) is 0.707. The SMILES string of the molecule is Cc1ccc(C2=C(N3CCN(C)CC3)C(=O)N(c3ccc(C(C)C)cc3)C2=O)cc1C. The molecule has 4 rings (SSSR count). The fourth-order valence-electron chi connectivity index (χ4n) is 4.24. The minimum Gasteiger partial charge on any atom is -0.364 e. The molecule has 5 nitrogen and oxygen atoms in total. The van der Waals surface area contributed by atoms with E-state index in [0.29, 0.717) is 22.9 Å². The van der Waals surface area contributed by atoms with Crippen molar-refractivity contribution in [3.05, 3.63) is 70.4 Å². The Kier molecular flexibility index (Phi) is 5.71. The minimum absolute atomic E-state index is 0.222. The van der Waals surface area contributed by atoms with Gasteiger partial charge in [-0.05, 0) is 61.2 Å². The molecule has 1 saturated heterocycles. The molecule has 2 amide bonds. The van der Waals surface area contributed by atoms with E-state index in [1.54, 1.807) is 0 Å². The lowest BCUT2D eigenvalue weighted by Crippen LogP contribution is -2.46. The van der Waals surface area contributed by atoms with Crippen LogP contribution in [0.1, 0.15) is 42.0 Å². The maximum atomic E-state index is 13.7. The number of likely N-dealkylation sites (N-methyl/N-ethyl adjacent to an activating group) is 1. The molecule has 2 aliphatic rings. The number of imide groups is 1. The maximum Gasteiger partial charge on any atom is 0.282 e. The van der Waals surface area contributed by atoms with Gasteiger partial charge in [-0.15, -0.1) is 0 Å². The third-order valence-electron chi connectivity index (χ3n) is 6.49. The summed E-state index contributed by atoms with van der Waals surface area (Å²) in [5.74, 6) is -0.0660. The van der Waals surface area contributed by atoms with Gasteiger partial charge in [-0.3, -0.25) is 9.59 Å². The number of aryl methyl sites for hydroxylation is 2. The monoisotopic (exact) mass is 417 g/mol. The first-order valence-corrected chi connectivity index (χ1v) is 11.0. The Morgan fingerprint density at radius 3 is 2.03 bits per heavy atom. The van der Waals surface area contributed by atoms with Crippen LogP contribution in [0, 0.1) is 13.8 Å². The van der Waals surface area contributed by atoms with Gasteiger partial charge in [0.15, 0.2) is 0 Å². The number of anilines is 1. The zero-order chi connectivity index (χ0) is 22.3. The Hall–Kier alpha value is -2.92. The fraction of sp³-hybridized carbons (Fsp3) is 0.385. The second kappa shape index (κ2) is 8.31. The number of benzene rings is 2. The van der Waals surface area contributed by atoms with E-state index < -0.39 is 0 Å². The smallest absolute Gasteiger partial charge is 0.282 e. The molecule has 0 aromatic heterocycles. The van der Waals surface area contributed by atoms with Gasteiger partial charge in [0.25, 0.3) is 11.8 Å². The second-order valence-electron chi connectivity index (χ2n) is 9.00. The molecule has 0 spiro atoms. The summed E-state index contributed by atoms with van der Waals surface area (Å²) in [6.07, 6.45) is 0. The Morgan fingerprint density at radius 2 is 1.45 bits per heavy atom. The highest BCUT2D eigenvalue weighted by molar-refractivity contribution is 6.45. The first kappa shape index (κ1) is 21.3. The van der Waals surface area contributed by atoms with Gasteiger partial charge in [-0.25, -0.2) is 4.90 Å². The van der Waals surface area contributed by atoms with Crippen molar-refractivity contribution in [1.29, 1.82) is 0 Å². The minimum atomic E-state index is -0.237. The second-order valence-corrected chi connectivity index (χ2v) is 9.00. The lowest BCUT2D eigenvalue weighted by atomic mass is 9.99. The fourth-order valence-corrected chi connectivity index (χ4v) is 4.24. The van der Waals surface area contributed by atoms with Gasteiger partial charge in [0, 0.05) is 26.2 Å². The molecule has 0 bridgehead atoms. The first-order chi connectivity index (χ1) is 14.8. The largest absolute Gasteiger partial charge is 0.364 e. The van der Waals surface area contributed by atoms with Crippen LogP contribution in [0.25, 0.3) is 5.57 Å². The third kappa shape index (κ3) is 3.90. The molecule has 31 heavy (non-hydrogen) atoms. The number of nitrogens with zero attached hydrogens (tertiary/aromatic N) is 3. The Bertz CT molecular complexity index is 1040. The highest BCUT2D eigenvalue weighted by Crippen LogP contribution is 2.36. The summed E-state index contributed by atoms with van der Waals surface area (Å²) in [5, 5.41) is 0. The maximum absolute atomic E-state index is 13.7. The van der Waals surface area contributed by atoms with Crippen LogP contribution in [0.5, 0.6) is 0 Å². The summed E-state index contributed by atoms with van der Waals surface area (Å²) >= 11 is 0. The Balaban J connectivity index is 1.79. The molecule has 2 heterocycles. The molecule has 0 saturated carbocycles. The molecule has 0 atom stereocenters. The number of hydrogen-bond acceptors (Lipinski definition) is 4. The van der Waals surface area contributed by atoms with E-state index in [4.69, 9.17) is 0 Å². The number of piperazine rings is 1. The molecule has 0 radical (unpaired) electrons. The first-order valence-electron chi connectivity index (χ1n) is 11.0. The van der Waals surface area contributed by atoms with Crippen molar-refractivity contribution in [2.45, 2.75) is 33.6 Å². The Labute approximate surface area is 184 Å². The summed E-state index contributed by atoms with van der Waals surface area (Å²) < 4.78 is 0. The summed E-state index contributed by atoms with van der Waals surface area (Å²) in [6.45, 7) is 11.6. The van der Waals surface area contributed by atoms with Crippen LogP contribution in [-0.2, 0) is 9.59 Å². The van der Waals surface area contributed by atoms with Gasteiger partial charge in [0.1, 0.15) is 5.70 Å². The molecular formula is C26H31N3O2. The highest BCUT2D eigenvalue weighted by Gasteiger charge is 2.43. The van der Waals surface area contributed by atoms with E-state index in [9.17, 15) is 9.59 Å². The normalized spacial score (nSPS) is 18.0. The number of amides is 2. The third-order valence-corrected chi connectivity index (χ3v) is 6.49. The van der Waals surface area contributed by atoms with Gasteiger partial charge < -0.3 is 9.80 Å². The van der Waals surface area contributed by atoms with E-state index in [-0.39, 0.29) is 11.8 Å². The van der Waals surface area contributed by atoms with Crippen LogP contribution in [0.3, 0.4) is 0 Å². The average Bonchev–Trinajstić information content (AvgIpc) is 3.01. The predicted octanol–water partition coefficient (Wildman–Crippen LogP) is 3.96. The molecular weight excluding hydrogens is 386 g/mol. The van der Waals surface area contributed by atoms with Crippen LogP contribution in [0.2, 0.25) is 0 Å². The molecule has 0 aliphatic carbocycles. The molecule has 2 aliphatic heterocycles. The number of carbonyl (C=O) groups is 2. The van der Waals surface area contributed by atoms with Crippen molar-refractivity contribution in [3.63, 3.8) is 0 Å². The van der Waals surface area contributed by atoms with Gasteiger partial charge >= 0.3 is 0 Å². The standard InChI is InChI=1S/C26H31N3O2/c1-17(2)20-8-10-22(11-9-20)29-25(30)23(21-7-6-18(3)19(4)16-21)24(26(29)31)28-14-12-27(5)13-15-28/h6-11,16-17H,12-15H2,1-5H3. The molecule has 1 fully saturated rings. The van der Waals surface area contributed by atoms with E-state index in [0.717, 1.165) is 37.3 Å². The van der Waals surface area contributed by atoms with Crippen molar-refractivity contribution in [3.8, 4) is 0 Å². The molecule has 0 unspecified atom stereocenters. The lowest BCUT2D eigenvalue weighted by molar-refractivity contribution is -0.120. The van der Waals surface area contributed by atoms with E-state index in [1.165, 1.54) is 16.0 Å². The van der Waals surface area contributed by atoms with Gasteiger partial charge in [0.2, 0.25) is 0 Å². The van der Waals surface area contributed by atoms with Gasteiger partial charge in [-0.2, -0.15) is 0 Å². The molecule has 5 heteroatoms. The molecule has 2 aromatic carbocycles. The van der Waals surface area contributed by atoms with Gasteiger partial charge in [0.05, 0.1) is 11.3 Å². The predicted molar refractivity (Wildman–Crippen MR) is 125 cm³/mol.